The van der Waals surface area contributed by atoms with E-state index in [1.165, 1.54) is 0 Å². The number of hydrogen-bond acceptors (Lipinski definition) is 2. The van der Waals surface area contributed by atoms with Crippen molar-refractivity contribution in [2.24, 2.45) is 0 Å². The van der Waals surface area contributed by atoms with Gasteiger partial charge in [0.05, 0.1) is 9.72 Å². The predicted octanol–water partition coefficient (Wildman–Crippen LogP) is 4.11. The molecule has 2 aromatic rings. The summed E-state index contributed by atoms with van der Waals surface area (Å²) in [5.74, 6) is -0.676. The zero-order valence-corrected chi connectivity index (χ0v) is 8.47. The molecule has 80 valence electrons. The summed E-state index contributed by atoms with van der Waals surface area (Å²) in [6, 6.07) is 1.91. The van der Waals surface area contributed by atoms with E-state index in [4.69, 9.17) is 11.6 Å². The Kier molecular flexibility index (Phi) is 2.35. The maximum Gasteiger partial charge on any atom is 0.443 e. The zero-order valence-electron chi connectivity index (χ0n) is 6.90. The molecule has 2 rings (SSSR count). The van der Waals surface area contributed by atoms with E-state index in [2.05, 4.69) is 4.98 Å². The Balaban J connectivity index is 2.71. The molecule has 0 amide bonds. The number of aromatic nitrogens is 1. The summed E-state index contributed by atoms with van der Waals surface area (Å²) in [5.41, 5.74) is -0.0182. The first-order valence-corrected chi connectivity index (χ1v) is 4.90. The van der Waals surface area contributed by atoms with Crippen LogP contribution in [-0.4, -0.2) is 4.98 Å². The maximum atomic E-state index is 12.8. The Bertz CT molecular complexity index is 519. The lowest BCUT2D eigenvalue weighted by Crippen LogP contribution is -2.03. The monoisotopic (exact) mass is 255 g/mol. The summed E-state index contributed by atoms with van der Waals surface area (Å²) in [6.07, 6.45) is -4.52. The summed E-state index contributed by atoms with van der Waals surface area (Å²) < 4.78 is 49.7. The van der Waals surface area contributed by atoms with Gasteiger partial charge in [0, 0.05) is 0 Å². The van der Waals surface area contributed by atoms with Gasteiger partial charge in [0.2, 0.25) is 0 Å². The third-order valence-electron chi connectivity index (χ3n) is 1.66. The van der Waals surface area contributed by atoms with E-state index in [-0.39, 0.29) is 15.2 Å². The van der Waals surface area contributed by atoms with Crippen LogP contribution in [0.1, 0.15) is 5.01 Å². The second-order valence-electron chi connectivity index (χ2n) is 2.75. The van der Waals surface area contributed by atoms with Crippen molar-refractivity contribution in [1.82, 2.24) is 4.98 Å². The van der Waals surface area contributed by atoms with Crippen molar-refractivity contribution in [3.63, 3.8) is 0 Å². The smallest absolute Gasteiger partial charge is 0.230 e. The highest BCUT2D eigenvalue weighted by Crippen LogP contribution is 2.37. The fraction of sp³-hybridized carbons (Fsp3) is 0.125. The third-order valence-corrected chi connectivity index (χ3v) is 2.99. The first-order valence-electron chi connectivity index (χ1n) is 3.71. The minimum Gasteiger partial charge on any atom is -0.230 e. The van der Waals surface area contributed by atoms with Crippen molar-refractivity contribution >= 4 is 33.2 Å². The van der Waals surface area contributed by atoms with E-state index in [0.717, 1.165) is 12.1 Å². The fourth-order valence-electron chi connectivity index (χ4n) is 1.08. The van der Waals surface area contributed by atoms with Crippen LogP contribution in [0.4, 0.5) is 17.6 Å². The molecule has 0 radical (unpaired) electrons. The topological polar surface area (TPSA) is 12.9 Å². The molecule has 1 aromatic heterocycles. The molecule has 15 heavy (non-hydrogen) atoms. The summed E-state index contributed by atoms with van der Waals surface area (Å²) >= 11 is 5.93. The fourth-order valence-corrected chi connectivity index (χ4v) is 2.27. The number of halogens is 5. The molecule has 1 heterocycles. The zero-order chi connectivity index (χ0) is 11.2. The van der Waals surface area contributed by atoms with Gasteiger partial charge in [-0.1, -0.05) is 11.6 Å². The number of rotatable bonds is 0. The second-order valence-corrected chi connectivity index (χ2v) is 4.19. The number of benzene rings is 1. The lowest BCUT2D eigenvalue weighted by molar-refractivity contribution is -0.137. The molecule has 0 atom stereocenters. The van der Waals surface area contributed by atoms with Gasteiger partial charge < -0.3 is 0 Å². The van der Waals surface area contributed by atoms with Crippen LogP contribution in [0.2, 0.25) is 5.02 Å². The van der Waals surface area contributed by atoms with E-state index < -0.39 is 17.0 Å². The minimum atomic E-state index is -4.52. The molecule has 0 N–H and O–H groups in total. The lowest BCUT2D eigenvalue weighted by Gasteiger charge is -1.98. The number of hydrogen-bond donors (Lipinski definition) is 0. The Hall–Kier alpha value is -0.880. The molecule has 1 nitrogen and oxygen atoms in total. The molecule has 0 aliphatic carbocycles. The number of nitrogens with zero attached hydrogens (tertiary/aromatic N) is 1. The third kappa shape index (κ3) is 1.91. The summed E-state index contributed by atoms with van der Waals surface area (Å²) in [4.78, 5) is 3.32. The van der Waals surface area contributed by atoms with Gasteiger partial charge in [-0.2, -0.15) is 13.2 Å². The van der Waals surface area contributed by atoms with Crippen molar-refractivity contribution in [3.8, 4) is 0 Å². The summed E-state index contributed by atoms with van der Waals surface area (Å²) in [6.45, 7) is 0. The van der Waals surface area contributed by atoms with Crippen LogP contribution in [0, 0.1) is 5.82 Å². The highest BCUT2D eigenvalue weighted by Gasteiger charge is 2.35. The Morgan fingerprint density at radius 1 is 1.27 bits per heavy atom. The van der Waals surface area contributed by atoms with Crippen LogP contribution < -0.4 is 0 Å². The van der Waals surface area contributed by atoms with Gasteiger partial charge in [-0.15, -0.1) is 11.3 Å². The van der Waals surface area contributed by atoms with E-state index >= 15 is 0 Å². The predicted molar refractivity (Wildman–Crippen MR) is 49.6 cm³/mol. The average molecular weight is 256 g/mol. The molecular formula is C8H2ClF4NS. The van der Waals surface area contributed by atoms with Crippen molar-refractivity contribution in [2.75, 3.05) is 0 Å². The van der Waals surface area contributed by atoms with Crippen LogP contribution in [0.15, 0.2) is 12.1 Å². The molecule has 7 heteroatoms. The molecule has 0 saturated carbocycles. The van der Waals surface area contributed by atoms with Crippen LogP contribution in [0.3, 0.4) is 0 Å². The van der Waals surface area contributed by atoms with Crippen molar-refractivity contribution in [2.45, 2.75) is 6.18 Å². The molecular weight excluding hydrogens is 254 g/mol. The van der Waals surface area contributed by atoms with E-state index in [0.29, 0.717) is 11.3 Å². The van der Waals surface area contributed by atoms with Gasteiger partial charge in [-0.3, -0.25) is 0 Å². The molecule has 0 unspecified atom stereocenters. The van der Waals surface area contributed by atoms with E-state index in [1.807, 2.05) is 0 Å². The molecule has 0 spiro atoms. The average Bonchev–Trinajstić information content (AvgIpc) is 2.46. The van der Waals surface area contributed by atoms with Crippen LogP contribution in [0.5, 0.6) is 0 Å². The molecule has 0 saturated heterocycles. The summed E-state index contributed by atoms with van der Waals surface area (Å²) in [5, 5.41) is -1.14. The molecule has 0 bridgehead atoms. The Morgan fingerprint density at radius 2 is 1.93 bits per heavy atom. The summed E-state index contributed by atoms with van der Waals surface area (Å²) in [7, 11) is 0. The number of thiazole rings is 1. The van der Waals surface area contributed by atoms with Gasteiger partial charge in [-0.05, 0) is 12.1 Å². The first kappa shape index (κ1) is 10.6. The van der Waals surface area contributed by atoms with Crippen LogP contribution in [-0.2, 0) is 6.18 Å². The van der Waals surface area contributed by atoms with Crippen molar-refractivity contribution < 1.29 is 17.6 Å². The highest BCUT2D eigenvalue weighted by atomic mass is 35.5. The van der Waals surface area contributed by atoms with Gasteiger partial charge >= 0.3 is 6.18 Å². The first-order chi connectivity index (χ1) is 6.88. The number of alkyl halides is 3. The van der Waals surface area contributed by atoms with Crippen LogP contribution >= 0.6 is 22.9 Å². The normalized spacial score (nSPS) is 12.3. The van der Waals surface area contributed by atoms with Crippen molar-refractivity contribution in [1.29, 1.82) is 0 Å². The minimum absolute atomic E-state index is 0.0182. The Labute approximate surface area is 90.3 Å². The highest BCUT2D eigenvalue weighted by molar-refractivity contribution is 7.18. The lowest BCUT2D eigenvalue weighted by atomic mass is 10.3. The number of fused-ring (bicyclic) bond motifs is 1. The molecule has 1 aromatic carbocycles. The standard InChI is InChI=1S/C8H2ClF4NS/c9-4-1-3(10)2-5-6(4)14-7(15-5)8(11,12)13/h1-2H. The second kappa shape index (κ2) is 3.31. The largest absolute Gasteiger partial charge is 0.443 e. The van der Waals surface area contributed by atoms with Gasteiger partial charge in [0.25, 0.3) is 0 Å². The van der Waals surface area contributed by atoms with Crippen molar-refractivity contribution in [3.05, 3.63) is 28.0 Å². The van der Waals surface area contributed by atoms with E-state index in [9.17, 15) is 17.6 Å². The van der Waals surface area contributed by atoms with Gasteiger partial charge in [0.15, 0.2) is 5.01 Å². The van der Waals surface area contributed by atoms with Crippen LogP contribution in [0.25, 0.3) is 10.2 Å². The molecule has 0 aliphatic heterocycles. The van der Waals surface area contributed by atoms with E-state index in [1.54, 1.807) is 0 Å². The molecule has 0 fully saturated rings. The van der Waals surface area contributed by atoms with Gasteiger partial charge in [0.1, 0.15) is 11.3 Å². The SMILES string of the molecule is Fc1cc(Cl)c2nc(C(F)(F)F)sc2c1. The maximum absolute atomic E-state index is 12.8. The Morgan fingerprint density at radius 3 is 2.53 bits per heavy atom. The quantitative estimate of drug-likeness (QED) is 0.646. The van der Waals surface area contributed by atoms with Gasteiger partial charge in [-0.25, -0.2) is 9.37 Å². The molecule has 0 aliphatic rings.